The highest BCUT2D eigenvalue weighted by atomic mass is 16.6. The maximum atomic E-state index is 10.4. The van der Waals surface area contributed by atoms with Crippen LogP contribution in [-0.2, 0) is 0 Å². The number of hydrogen-bond donors (Lipinski definition) is 0. The van der Waals surface area contributed by atoms with Crippen molar-refractivity contribution in [2.45, 2.75) is 13.8 Å². The van der Waals surface area contributed by atoms with Gasteiger partial charge in [-0.2, -0.15) is 0 Å². The van der Waals surface area contributed by atoms with Gasteiger partial charge in [-0.1, -0.05) is 6.07 Å². The van der Waals surface area contributed by atoms with E-state index in [0.717, 1.165) is 5.56 Å². The second-order valence-corrected chi connectivity index (χ2v) is 2.44. The minimum atomic E-state index is -0.390. The molecule has 0 aliphatic carbocycles. The summed E-state index contributed by atoms with van der Waals surface area (Å²) >= 11 is 0. The van der Waals surface area contributed by atoms with E-state index in [2.05, 4.69) is 6.07 Å². The van der Waals surface area contributed by atoms with Crippen LogP contribution >= 0.6 is 0 Å². The highest BCUT2D eigenvalue weighted by Gasteiger charge is 2.08. The normalized spacial score (nSPS) is 9.64. The third kappa shape index (κ3) is 1.55. The Balaban J connectivity index is 3.23. The summed E-state index contributed by atoms with van der Waals surface area (Å²) in [4.78, 5) is 9.97. The number of nitrogens with zero attached hydrogens (tertiary/aromatic N) is 1. The molecule has 0 fully saturated rings. The molecule has 0 heterocycles. The Labute approximate surface area is 64.8 Å². The largest absolute Gasteiger partial charge is 0.273 e. The smallest absolute Gasteiger partial charge is 0.258 e. The quantitative estimate of drug-likeness (QED) is 0.454. The Morgan fingerprint density at radius 1 is 1.55 bits per heavy atom. The van der Waals surface area contributed by atoms with Crippen LogP contribution in [0.1, 0.15) is 11.1 Å². The molecule has 3 heteroatoms. The van der Waals surface area contributed by atoms with Crippen molar-refractivity contribution in [1.29, 1.82) is 0 Å². The predicted molar refractivity (Wildman–Crippen MR) is 41.4 cm³/mol. The van der Waals surface area contributed by atoms with E-state index in [1.54, 1.807) is 19.1 Å². The molecule has 3 nitrogen and oxygen atoms in total. The molecule has 1 aromatic carbocycles. The van der Waals surface area contributed by atoms with Crippen molar-refractivity contribution in [1.82, 2.24) is 0 Å². The molecule has 57 valence electrons. The van der Waals surface area contributed by atoms with Crippen molar-refractivity contribution in [3.05, 3.63) is 39.4 Å². The Morgan fingerprint density at radius 2 is 2.18 bits per heavy atom. The van der Waals surface area contributed by atoms with Gasteiger partial charge < -0.3 is 0 Å². The van der Waals surface area contributed by atoms with E-state index in [1.165, 1.54) is 0 Å². The first-order valence-electron chi connectivity index (χ1n) is 3.24. The number of rotatable bonds is 1. The molecule has 0 aliphatic heterocycles. The topological polar surface area (TPSA) is 43.1 Å². The van der Waals surface area contributed by atoms with Crippen LogP contribution in [0.2, 0.25) is 0 Å². The van der Waals surface area contributed by atoms with Crippen molar-refractivity contribution in [3.8, 4) is 0 Å². The molecule has 0 atom stereocenters. The number of nitro groups is 1. The SMILES string of the molecule is Cc1c[c]c(C)c([N+](=O)[O-])c1. The monoisotopic (exact) mass is 150 g/mol. The summed E-state index contributed by atoms with van der Waals surface area (Å²) in [6.45, 7) is 3.49. The van der Waals surface area contributed by atoms with E-state index >= 15 is 0 Å². The molecule has 0 saturated heterocycles. The lowest BCUT2D eigenvalue weighted by Crippen LogP contribution is -1.91. The highest BCUT2D eigenvalue weighted by Crippen LogP contribution is 2.17. The molecular formula is C8H8NO2. The average molecular weight is 150 g/mol. The molecule has 0 N–H and O–H groups in total. The van der Waals surface area contributed by atoms with Gasteiger partial charge in [-0.15, -0.1) is 0 Å². The Bertz CT molecular complexity index is 294. The fourth-order valence-corrected chi connectivity index (χ4v) is 0.851. The third-order valence-electron chi connectivity index (χ3n) is 1.46. The zero-order valence-electron chi connectivity index (χ0n) is 6.42. The molecule has 0 saturated carbocycles. The minimum absolute atomic E-state index is 0.144. The standard InChI is InChI=1S/C8H8NO2/c1-6-3-4-7(2)8(5-6)9(10)11/h3,5H,1-2H3. The number of nitro benzene ring substituents is 1. The van der Waals surface area contributed by atoms with Crippen LogP contribution in [-0.4, -0.2) is 4.92 Å². The summed E-state index contributed by atoms with van der Waals surface area (Å²) in [5.74, 6) is 0. The molecule has 1 aromatic rings. The predicted octanol–water partition coefficient (Wildman–Crippen LogP) is 2.01. The van der Waals surface area contributed by atoms with E-state index in [4.69, 9.17) is 0 Å². The third-order valence-corrected chi connectivity index (χ3v) is 1.46. The van der Waals surface area contributed by atoms with Gasteiger partial charge in [0.2, 0.25) is 0 Å². The summed E-state index contributed by atoms with van der Waals surface area (Å²) in [7, 11) is 0. The number of aryl methyl sites for hydroxylation is 2. The van der Waals surface area contributed by atoms with Gasteiger partial charge >= 0.3 is 0 Å². The van der Waals surface area contributed by atoms with Gasteiger partial charge in [0, 0.05) is 11.6 Å². The van der Waals surface area contributed by atoms with E-state index in [0.29, 0.717) is 5.56 Å². The summed E-state index contributed by atoms with van der Waals surface area (Å²) in [6.07, 6.45) is 0. The summed E-state index contributed by atoms with van der Waals surface area (Å²) in [6, 6.07) is 6.09. The van der Waals surface area contributed by atoms with Gasteiger partial charge in [0.1, 0.15) is 0 Å². The molecule has 0 aliphatic rings. The zero-order chi connectivity index (χ0) is 8.43. The molecule has 0 amide bonds. The van der Waals surface area contributed by atoms with Gasteiger partial charge in [-0.3, -0.25) is 10.1 Å². The van der Waals surface area contributed by atoms with Gasteiger partial charge in [0.05, 0.1) is 4.92 Å². The van der Waals surface area contributed by atoms with Crippen LogP contribution in [0.5, 0.6) is 0 Å². The highest BCUT2D eigenvalue weighted by molar-refractivity contribution is 5.40. The second-order valence-electron chi connectivity index (χ2n) is 2.44. The molecule has 1 rings (SSSR count). The number of hydrogen-bond acceptors (Lipinski definition) is 2. The van der Waals surface area contributed by atoms with E-state index in [9.17, 15) is 10.1 Å². The summed E-state index contributed by atoms with van der Waals surface area (Å²) in [5.41, 5.74) is 1.59. The van der Waals surface area contributed by atoms with E-state index in [1.807, 2.05) is 6.92 Å². The van der Waals surface area contributed by atoms with Crippen molar-refractivity contribution >= 4 is 5.69 Å². The Hall–Kier alpha value is -1.38. The zero-order valence-corrected chi connectivity index (χ0v) is 6.42. The van der Waals surface area contributed by atoms with Crippen LogP contribution < -0.4 is 0 Å². The second kappa shape index (κ2) is 2.70. The fraction of sp³-hybridized carbons (Fsp3) is 0.250. The van der Waals surface area contributed by atoms with E-state index in [-0.39, 0.29) is 5.69 Å². The average Bonchev–Trinajstić information content (AvgIpc) is 1.94. The van der Waals surface area contributed by atoms with Crippen molar-refractivity contribution in [3.63, 3.8) is 0 Å². The first-order valence-corrected chi connectivity index (χ1v) is 3.24. The van der Waals surface area contributed by atoms with E-state index < -0.39 is 4.92 Å². The fourth-order valence-electron chi connectivity index (χ4n) is 0.851. The first kappa shape index (κ1) is 7.72. The van der Waals surface area contributed by atoms with Crippen LogP contribution in [0.15, 0.2) is 12.1 Å². The molecule has 0 bridgehead atoms. The molecule has 0 spiro atoms. The van der Waals surface area contributed by atoms with Gasteiger partial charge in [-0.25, -0.2) is 0 Å². The molecule has 0 unspecified atom stereocenters. The van der Waals surface area contributed by atoms with Crippen molar-refractivity contribution < 1.29 is 4.92 Å². The van der Waals surface area contributed by atoms with Crippen LogP contribution in [0, 0.1) is 30.0 Å². The maximum Gasteiger partial charge on any atom is 0.273 e. The number of benzene rings is 1. The summed E-state index contributed by atoms with van der Waals surface area (Å²) in [5, 5.41) is 10.4. The molecule has 1 radical (unpaired) electrons. The van der Waals surface area contributed by atoms with Crippen molar-refractivity contribution in [2.75, 3.05) is 0 Å². The minimum Gasteiger partial charge on any atom is -0.258 e. The van der Waals surface area contributed by atoms with Gasteiger partial charge in [-0.05, 0) is 25.5 Å². The molecule has 11 heavy (non-hydrogen) atoms. The van der Waals surface area contributed by atoms with Gasteiger partial charge in [0.25, 0.3) is 5.69 Å². The van der Waals surface area contributed by atoms with Crippen LogP contribution in [0.25, 0.3) is 0 Å². The van der Waals surface area contributed by atoms with Crippen molar-refractivity contribution in [2.24, 2.45) is 0 Å². The Kier molecular flexibility index (Phi) is 1.89. The summed E-state index contributed by atoms with van der Waals surface area (Å²) < 4.78 is 0. The maximum absolute atomic E-state index is 10.4. The lowest BCUT2D eigenvalue weighted by Gasteiger charge is -1.96. The van der Waals surface area contributed by atoms with Crippen LogP contribution in [0.4, 0.5) is 5.69 Å². The van der Waals surface area contributed by atoms with Crippen LogP contribution in [0.3, 0.4) is 0 Å². The molecule has 0 aromatic heterocycles. The lowest BCUT2D eigenvalue weighted by molar-refractivity contribution is -0.385. The molecular weight excluding hydrogens is 142 g/mol. The Morgan fingerprint density at radius 3 is 2.64 bits per heavy atom. The van der Waals surface area contributed by atoms with Gasteiger partial charge in [0.15, 0.2) is 0 Å². The lowest BCUT2D eigenvalue weighted by atomic mass is 10.1. The first-order chi connectivity index (χ1) is 5.11.